The molecule has 4 rings (SSSR count). The number of fused-ring (bicyclic) bond motifs is 1. The largest absolute Gasteiger partial charge is 0.493 e. The normalized spacial score (nSPS) is 16.6. The maximum Gasteiger partial charge on any atom is 0.433 e. The van der Waals surface area contributed by atoms with E-state index in [1.165, 1.54) is 0 Å². The van der Waals surface area contributed by atoms with Crippen LogP contribution in [0, 0.1) is 0 Å². The van der Waals surface area contributed by atoms with Crippen molar-refractivity contribution in [2.24, 2.45) is 5.73 Å². The smallest absolute Gasteiger partial charge is 0.433 e. The molecule has 1 atom stereocenters. The molecule has 182 valence electrons. The first kappa shape index (κ1) is 24.3. The zero-order valence-corrected chi connectivity index (χ0v) is 19.4. The van der Waals surface area contributed by atoms with Crippen molar-refractivity contribution in [3.8, 4) is 5.75 Å². The van der Waals surface area contributed by atoms with Crippen LogP contribution in [0.15, 0.2) is 30.5 Å². The number of carbonyl (C=O) groups is 1. The summed E-state index contributed by atoms with van der Waals surface area (Å²) in [5.41, 5.74) is 4.94. The molecule has 34 heavy (non-hydrogen) atoms. The Kier molecular flexibility index (Phi) is 7.29. The lowest BCUT2D eigenvalue weighted by molar-refractivity contribution is -0.141. The summed E-state index contributed by atoms with van der Waals surface area (Å²) in [6.07, 6.45) is -2.81. The number of alkyl halides is 3. The first-order valence-corrected chi connectivity index (χ1v) is 11.7. The third-order valence-corrected chi connectivity index (χ3v) is 6.70. The maximum atomic E-state index is 13.1. The number of nitrogens with zero attached hydrogens (tertiary/aromatic N) is 5. The molecule has 3 heterocycles. The molecule has 8 nitrogen and oxygen atoms in total. The van der Waals surface area contributed by atoms with E-state index in [9.17, 15) is 18.0 Å². The SMILES string of the molecule is CN1CCN(CCCOc2ccc3nc(C(C(N)=O)c4nccc(C(F)(F)F)n4)sc3c2)CC1. The van der Waals surface area contributed by atoms with Crippen LogP contribution in [-0.4, -0.2) is 77.0 Å². The Labute approximate surface area is 198 Å². The molecule has 1 aliphatic rings. The van der Waals surface area contributed by atoms with Gasteiger partial charge in [-0.1, -0.05) is 0 Å². The van der Waals surface area contributed by atoms with E-state index in [-0.39, 0.29) is 10.8 Å². The second-order valence-electron chi connectivity index (χ2n) is 8.16. The second kappa shape index (κ2) is 10.2. The zero-order chi connectivity index (χ0) is 24.3. The second-order valence-corrected chi connectivity index (χ2v) is 9.22. The predicted molar refractivity (Wildman–Crippen MR) is 122 cm³/mol. The number of thiazole rings is 1. The van der Waals surface area contributed by atoms with Crippen molar-refractivity contribution in [2.45, 2.75) is 18.5 Å². The van der Waals surface area contributed by atoms with Crippen LogP contribution in [0.4, 0.5) is 13.2 Å². The van der Waals surface area contributed by atoms with Gasteiger partial charge in [0.25, 0.3) is 0 Å². The molecule has 1 saturated heterocycles. The van der Waals surface area contributed by atoms with Crippen LogP contribution in [0.3, 0.4) is 0 Å². The fourth-order valence-corrected chi connectivity index (χ4v) is 4.82. The van der Waals surface area contributed by atoms with Crippen molar-refractivity contribution in [3.05, 3.63) is 47.0 Å². The number of nitrogens with two attached hydrogens (primary N) is 1. The van der Waals surface area contributed by atoms with Crippen molar-refractivity contribution in [2.75, 3.05) is 46.4 Å². The van der Waals surface area contributed by atoms with E-state index in [1.54, 1.807) is 18.2 Å². The van der Waals surface area contributed by atoms with Gasteiger partial charge in [0.05, 0.1) is 16.8 Å². The lowest BCUT2D eigenvalue weighted by atomic mass is 10.1. The number of benzene rings is 1. The topological polar surface area (TPSA) is 97.5 Å². The summed E-state index contributed by atoms with van der Waals surface area (Å²) in [6, 6.07) is 6.07. The van der Waals surface area contributed by atoms with Gasteiger partial charge in [0, 0.05) is 38.9 Å². The van der Waals surface area contributed by atoms with Crippen LogP contribution in [0.1, 0.15) is 28.9 Å². The van der Waals surface area contributed by atoms with Crippen molar-refractivity contribution in [3.63, 3.8) is 0 Å². The quantitative estimate of drug-likeness (QED) is 0.481. The van der Waals surface area contributed by atoms with E-state index in [4.69, 9.17) is 10.5 Å². The highest BCUT2D eigenvalue weighted by Gasteiger charge is 2.35. The van der Waals surface area contributed by atoms with Crippen LogP contribution in [0.2, 0.25) is 0 Å². The Bertz CT molecular complexity index is 1150. The molecular weight excluding hydrogens is 469 g/mol. The Balaban J connectivity index is 1.45. The fraction of sp³-hybridized carbons (Fsp3) is 0.455. The lowest BCUT2D eigenvalue weighted by Gasteiger charge is -2.32. The number of carbonyl (C=O) groups excluding carboxylic acids is 1. The van der Waals surface area contributed by atoms with E-state index < -0.39 is 23.7 Å². The van der Waals surface area contributed by atoms with Gasteiger partial charge < -0.3 is 20.3 Å². The lowest BCUT2D eigenvalue weighted by Crippen LogP contribution is -2.44. The summed E-state index contributed by atoms with van der Waals surface area (Å²) in [7, 11) is 2.12. The van der Waals surface area contributed by atoms with Gasteiger partial charge in [-0.05, 0) is 37.7 Å². The van der Waals surface area contributed by atoms with Crippen molar-refractivity contribution in [1.29, 1.82) is 0 Å². The van der Waals surface area contributed by atoms with E-state index in [0.717, 1.165) is 67.4 Å². The molecule has 12 heteroatoms. The third kappa shape index (κ3) is 5.80. The number of piperazine rings is 1. The summed E-state index contributed by atoms with van der Waals surface area (Å²) in [5.74, 6) is -1.83. The third-order valence-electron chi connectivity index (χ3n) is 5.61. The molecule has 1 amide bonds. The number of hydrogen-bond donors (Lipinski definition) is 1. The van der Waals surface area contributed by atoms with Crippen LogP contribution >= 0.6 is 11.3 Å². The number of ether oxygens (including phenoxy) is 1. The minimum atomic E-state index is -4.66. The molecule has 1 fully saturated rings. The van der Waals surface area contributed by atoms with Gasteiger partial charge >= 0.3 is 6.18 Å². The summed E-state index contributed by atoms with van der Waals surface area (Å²) in [5, 5.41) is 0.231. The number of rotatable bonds is 8. The van der Waals surface area contributed by atoms with Crippen molar-refractivity contribution >= 4 is 27.5 Å². The molecule has 1 aliphatic heterocycles. The first-order chi connectivity index (χ1) is 16.2. The highest BCUT2D eigenvalue weighted by Crippen LogP contribution is 2.34. The summed E-state index contributed by atoms with van der Waals surface area (Å²) in [6.45, 7) is 5.79. The molecule has 1 aromatic carbocycles. The molecule has 0 aliphatic carbocycles. The first-order valence-electron chi connectivity index (χ1n) is 10.8. The van der Waals surface area contributed by atoms with Crippen LogP contribution in [0.25, 0.3) is 10.2 Å². The number of halogens is 3. The van der Waals surface area contributed by atoms with Gasteiger partial charge in [-0.15, -0.1) is 11.3 Å². The number of likely N-dealkylation sites (N-methyl/N-ethyl adjacent to an activating group) is 1. The van der Waals surface area contributed by atoms with Crippen molar-refractivity contribution < 1.29 is 22.7 Å². The van der Waals surface area contributed by atoms with Crippen LogP contribution < -0.4 is 10.5 Å². The Morgan fingerprint density at radius 3 is 2.68 bits per heavy atom. The Morgan fingerprint density at radius 1 is 1.21 bits per heavy atom. The van der Waals surface area contributed by atoms with Gasteiger partial charge in [-0.25, -0.2) is 15.0 Å². The molecule has 0 radical (unpaired) electrons. The summed E-state index contributed by atoms with van der Waals surface area (Å²) < 4.78 is 45.8. The highest BCUT2D eigenvalue weighted by atomic mass is 32.1. The average Bonchev–Trinajstić information content (AvgIpc) is 3.20. The molecule has 2 aromatic heterocycles. The van der Waals surface area contributed by atoms with Crippen LogP contribution in [0.5, 0.6) is 5.75 Å². The number of amides is 1. The summed E-state index contributed by atoms with van der Waals surface area (Å²) >= 11 is 1.15. The molecule has 3 aromatic rings. The maximum absolute atomic E-state index is 13.1. The fourth-order valence-electron chi connectivity index (χ4n) is 3.72. The Hall–Kier alpha value is -2.83. The predicted octanol–water partition coefficient (Wildman–Crippen LogP) is 2.74. The van der Waals surface area contributed by atoms with Gasteiger partial charge in [0.15, 0.2) is 0 Å². The molecule has 1 unspecified atom stereocenters. The van der Waals surface area contributed by atoms with Crippen molar-refractivity contribution in [1.82, 2.24) is 24.8 Å². The van der Waals surface area contributed by atoms with E-state index in [0.29, 0.717) is 17.9 Å². The molecule has 0 saturated carbocycles. The molecule has 0 bridgehead atoms. The van der Waals surface area contributed by atoms with E-state index in [1.807, 2.05) is 0 Å². The molecular formula is C22H25F3N6O2S. The number of hydrogen-bond acceptors (Lipinski definition) is 8. The van der Waals surface area contributed by atoms with E-state index in [2.05, 4.69) is 31.8 Å². The molecule has 2 N–H and O–H groups in total. The monoisotopic (exact) mass is 494 g/mol. The zero-order valence-electron chi connectivity index (χ0n) is 18.6. The minimum absolute atomic E-state index is 0.231. The summed E-state index contributed by atoms with van der Waals surface area (Å²) in [4.78, 5) is 28.6. The standard InChI is InChI=1S/C22H25F3N6O2S/c1-30-8-10-31(11-9-30)7-2-12-33-14-3-4-15-16(13-14)34-21(28-15)18(19(26)32)20-27-6-5-17(29-20)22(23,24)25/h3-6,13,18H,2,7-12H2,1H3,(H2,26,32). The van der Waals surface area contributed by atoms with Gasteiger partial charge in [-0.2, -0.15) is 13.2 Å². The number of aromatic nitrogens is 3. The highest BCUT2D eigenvalue weighted by molar-refractivity contribution is 7.18. The Morgan fingerprint density at radius 2 is 1.97 bits per heavy atom. The number of primary amides is 1. The van der Waals surface area contributed by atoms with Gasteiger partial charge in [-0.3, -0.25) is 4.79 Å². The minimum Gasteiger partial charge on any atom is -0.493 e. The average molecular weight is 495 g/mol. The van der Waals surface area contributed by atoms with Gasteiger partial charge in [0.2, 0.25) is 5.91 Å². The molecule has 0 spiro atoms. The van der Waals surface area contributed by atoms with E-state index >= 15 is 0 Å². The van der Waals surface area contributed by atoms with Crippen LogP contribution in [-0.2, 0) is 11.0 Å². The van der Waals surface area contributed by atoms with Gasteiger partial charge in [0.1, 0.15) is 28.2 Å².